The number of carbonyl (C=O) groups is 2. The van der Waals surface area contributed by atoms with Crippen LogP contribution in [0.1, 0.15) is 53.4 Å². The number of carboxylic acids is 1. The summed E-state index contributed by atoms with van der Waals surface area (Å²) in [7, 11) is 0. The van der Waals surface area contributed by atoms with E-state index in [1.165, 1.54) is 0 Å². The molecule has 0 aromatic carbocycles. The number of rotatable bonds is 4. The fourth-order valence-electron chi connectivity index (χ4n) is 2.56. The maximum absolute atomic E-state index is 12.2. The van der Waals surface area contributed by atoms with Gasteiger partial charge in [0.2, 0.25) is 5.91 Å². The summed E-state index contributed by atoms with van der Waals surface area (Å²) in [6, 6.07) is -0.310. The summed E-state index contributed by atoms with van der Waals surface area (Å²) in [5, 5.41) is 11.9. The van der Waals surface area contributed by atoms with Gasteiger partial charge in [-0.2, -0.15) is 0 Å². The quantitative estimate of drug-likeness (QED) is 0.810. The number of carboxylic acid groups (broad SMARTS) is 1. The van der Waals surface area contributed by atoms with Crippen LogP contribution in [0.3, 0.4) is 0 Å². The molecule has 1 saturated carbocycles. The van der Waals surface area contributed by atoms with E-state index in [2.05, 4.69) is 12.2 Å². The molecular weight excluding hydrogens is 230 g/mol. The fourth-order valence-corrected chi connectivity index (χ4v) is 2.56. The molecule has 0 aromatic rings. The Morgan fingerprint density at radius 2 is 1.94 bits per heavy atom. The van der Waals surface area contributed by atoms with Crippen LogP contribution in [0.25, 0.3) is 0 Å². The summed E-state index contributed by atoms with van der Waals surface area (Å²) in [5.41, 5.74) is -0.240. The lowest BCUT2D eigenvalue weighted by Gasteiger charge is -2.31. The highest BCUT2D eigenvalue weighted by Crippen LogP contribution is 2.32. The first kappa shape index (κ1) is 15.0. The van der Waals surface area contributed by atoms with Crippen LogP contribution in [-0.4, -0.2) is 23.0 Å². The van der Waals surface area contributed by atoms with Gasteiger partial charge in [-0.3, -0.25) is 9.59 Å². The Morgan fingerprint density at radius 1 is 1.33 bits per heavy atom. The lowest BCUT2D eigenvalue weighted by Crippen LogP contribution is -2.47. The standard InChI is InChI=1S/C14H25NO3/c1-9-6-5-7-10(9)13(18)15-11(8-12(16)17)14(2,3)4/h9-11H,5-8H2,1-4H3,(H,15,18)(H,16,17). The highest BCUT2D eigenvalue weighted by molar-refractivity contribution is 5.80. The third-order valence-electron chi connectivity index (χ3n) is 3.94. The molecule has 4 heteroatoms. The molecule has 18 heavy (non-hydrogen) atoms. The maximum Gasteiger partial charge on any atom is 0.305 e. The van der Waals surface area contributed by atoms with Crippen LogP contribution >= 0.6 is 0 Å². The zero-order valence-corrected chi connectivity index (χ0v) is 11.8. The maximum atomic E-state index is 12.2. The second-order valence-corrected chi connectivity index (χ2v) is 6.54. The highest BCUT2D eigenvalue weighted by Gasteiger charge is 2.34. The van der Waals surface area contributed by atoms with Crippen molar-refractivity contribution in [3.8, 4) is 0 Å². The zero-order valence-electron chi connectivity index (χ0n) is 11.8. The van der Waals surface area contributed by atoms with Crippen LogP contribution in [0.15, 0.2) is 0 Å². The monoisotopic (exact) mass is 255 g/mol. The molecule has 2 N–H and O–H groups in total. The molecule has 0 saturated heterocycles. The molecule has 1 aliphatic carbocycles. The van der Waals surface area contributed by atoms with Crippen molar-refractivity contribution in [2.24, 2.45) is 17.3 Å². The molecule has 4 nitrogen and oxygen atoms in total. The molecule has 0 heterocycles. The van der Waals surface area contributed by atoms with Crippen LogP contribution in [0.2, 0.25) is 0 Å². The number of hydrogen-bond donors (Lipinski definition) is 2. The lowest BCUT2D eigenvalue weighted by atomic mass is 9.84. The Kier molecular flexibility index (Phi) is 4.77. The van der Waals surface area contributed by atoms with Crippen LogP contribution in [-0.2, 0) is 9.59 Å². The lowest BCUT2D eigenvalue weighted by molar-refractivity contribution is -0.138. The van der Waals surface area contributed by atoms with Crippen molar-refractivity contribution in [1.82, 2.24) is 5.32 Å². The van der Waals surface area contributed by atoms with Gasteiger partial charge >= 0.3 is 5.97 Å². The Balaban J connectivity index is 2.65. The summed E-state index contributed by atoms with van der Waals surface area (Å²) >= 11 is 0. The van der Waals surface area contributed by atoms with E-state index in [1.54, 1.807) is 0 Å². The van der Waals surface area contributed by atoms with E-state index in [0.29, 0.717) is 5.92 Å². The fraction of sp³-hybridized carbons (Fsp3) is 0.857. The van der Waals surface area contributed by atoms with Crippen molar-refractivity contribution in [2.45, 2.75) is 59.4 Å². The zero-order chi connectivity index (χ0) is 13.9. The van der Waals surface area contributed by atoms with Crippen molar-refractivity contribution in [3.63, 3.8) is 0 Å². The number of hydrogen-bond acceptors (Lipinski definition) is 2. The van der Waals surface area contributed by atoms with Crippen molar-refractivity contribution >= 4 is 11.9 Å². The van der Waals surface area contributed by atoms with Crippen molar-refractivity contribution in [3.05, 3.63) is 0 Å². The minimum absolute atomic E-state index is 0.0175. The first-order chi connectivity index (χ1) is 8.21. The van der Waals surface area contributed by atoms with Gasteiger partial charge in [0.1, 0.15) is 0 Å². The predicted octanol–water partition coefficient (Wildman–Crippen LogP) is 2.43. The Hall–Kier alpha value is -1.06. The average molecular weight is 255 g/mol. The van der Waals surface area contributed by atoms with E-state index in [1.807, 2.05) is 20.8 Å². The topological polar surface area (TPSA) is 66.4 Å². The minimum atomic E-state index is -0.866. The van der Waals surface area contributed by atoms with Crippen LogP contribution < -0.4 is 5.32 Å². The van der Waals surface area contributed by atoms with Gasteiger partial charge in [0.25, 0.3) is 0 Å². The summed E-state index contributed by atoms with van der Waals surface area (Å²) in [6.45, 7) is 7.97. The second-order valence-electron chi connectivity index (χ2n) is 6.54. The Morgan fingerprint density at radius 3 is 2.33 bits per heavy atom. The Labute approximate surface area is 109 Å². The number of amides is 1. The normalized spacial score (nSPS) is 25.8. The van der Waals surface area contributed by atoms with E-state index in [0.717, 1.165) is 19.3 Å². The number of nitrogens with one attached hydrogen (secondary N) is 1. The molecule has 1 aliphatic rings. The van der Waals surface area contributed by atoms with Gasteiger partial charge in [-0.25, -0.2) is 0 Å². The largest absolute Gasteiger partial charge is 0.481 e. The summed E-state index contributed by atoms with van der Waals surface area (Å²) in [6.07, 6.45) is 3.10. The molecule has 0 radical (unpaired) electrons. The summed E-state index contributed by atoms with van der Waals surface area (Å²) in [5.74, 6) is -0.366. The van der Waals surface area contributed by atoms with E-state index in [-0.39, 0.29) is 29.7 Å². The molecule has 0 spiro atoms. The average Bonchev–Trinajstić information content (AvgIpc) is 2.61. The third kappa shape index (κ3) is 4.00. The van der Waals surface area contributed by atoms with Gasteiger partial charge in [0.05, 0.1) is 6.42 Å². The SMILES string of the molecule is CC1CCCC1C(=O)NC(CC(=O)O)C(C)(C)C. The van der Waals surface area contributed by atoms with Gasteiger partial charge in [-0.1, -0.05) is 34.1 Å². The molecule has 1 amide bonds. The van der Waals surface area contributed by atoms with E-state index < -0.39 is 5.97 Å². The van der Waals surface area contributed by atoms with E-state index in [9.17, 15) is 9.59 Å². The molecule has 0 bridgehead atoms. The predicted molar refractivity (Wildman–Crippen MR) is 70.1 cm³/mol. The number of carbonyl (C=O) groups excluding carboxylic acids is 1. The second kappa shape index (κ2) is 5.72. The van der Waals surface area contributed by atoms with Gasteiger partial charge in [0, 0.05) is 12.0 Å². The van der Waals surface area contributed by atoms with Crippen LogP contribution in [0.4, 0.5) is 0 Å². The smallest absolute Gasteiger partial charge is 0.305 e. The summed E-state index contributed by atoms with van der Waals surface area (Å²) in [4.78, 5) is 23.1. The van der Waals surface area contributed by atoms with Gasteiger partial charge < -0.3 is 10.4 Å². The summed E-state index contributed by atoms with van der Waals surface area (Å²) < 4.78 is 0. The molecule has 104 valence electrons. The van der Waals surface area contributed by atoms with Gasteiger partial charge in [-0.05, 0) is 24.2 Å². The molecule has 1 fully saturated rings. The molecular formula is C14H25NO3. The van der Waals surface area contributed by atoms with Crippen LogP contribution in [0.5, 0.6) is 0 Å². The highest BCUT2D eigenvalue weighted by atomic mass is 16.4. The molecule has 0 aliphatic heterocycles. The van der Waals surface area contributed by atoms with Crippen molar-refractivity contribution in [2.75, 3.05) is 0 Å². The van der Waals surface area contributed by atoms with Crippen LogP contribution in [0, 0.1) is 17.3 Å². The molecule has 0 aromatic heterocycles. The third-order valence-corrected chi connectivity index (χ3v) is 3.94. The Bertz CT molecular complexity index is 319. The van der Waals surface area contributed by atoms with Crippen molar-refractivity contribution in [1.29, 1.82) is 0 Å². The molecule has 3 atom stereocenters. The molecule has 3 unspecified atom stereocenters. The van der Waals surface area contributed by atoms with E-state index in [4.69, 9.17) is 5.11 Å². The van der Waals surface area contributed by atoms with E-state index >= 15 is 0 Å². The molecule has 1 rings (SSSR count). The van der Waals surface area contributed by atoms with Gasteiger partial charge in [-0.15, -0.1) is 0 Å². The first-order valence-electron chi connectivity index (χ1n) is 6.74. The van der Waals surface area contributed by atoms with Gasteiger partial charge in [0.15, 0.2) is 0 Å². The first-order valence-corrected chi connectivity index (χ1v) is 6.74. The minimum Gasteiger partial charge on any atom is -0.481 e. The number of aliphatic carboxylic acids is 1. The van der Waals surface area contributed by atoms with Crippen molar-refractivity contribution < 1.29 is 14.7 Å².